The highest BCUT2D eigenvalue weighted by molar-refractivity contribution is 9.10. The molecule has 4 nitrogen and oxygen atoms in total. The molecule has 2 aromatic rings. The highest BCUT2D eigenvalue weighted by Crippen LogP contribution is 2.35. The van der Waals surface area contributed by atoms with Crippen molar-refractivity contribution >= 4 is 33.4 Å². The maximum Gasteiger partial charge on any atom is 0.237 e. The van der Waals surface area contributed by atoms with Gasteiger partial charge in [0.05, 0.1) is 5.69 Å². The first-order valence-corrected chi connectivity index (χ1v) is 8.84. The van der Waals surface area contributed by atoms with Gasteiger partial charge in [0.25, 0.3) is 0 Å². The monoisotopic (exact) mass is 422 g/mol. The molecular formula is C19H17BrF2N2O2. The van der Waals surface area contributed by atoms with E-state index in [0.717, 1.165) is 27.7 Å². The fourth-order valence-corrected chi connectivity index (χ4v) is 3.44. The van der Waals surface area contributed by atoms with Crippen LogP contribution in [0.4, 0.5) is 14.5 Å². The van der Waals surface area contributed by atoms with Crippen LogP contribution in [-0.2, 0) is 9.59 Å². The van der Waals surface area contributed by atoms with Crippen LogP contribution in [0.5, 0.6) is 0 Å². The van der Waals surface area contributed by atoms with E-state index in [2.05, 4.69) is 21.2 Å². The normalized spacial score (nSPS) is 19.7. The third kappa shape index (κ3) is 3.49. The topological polar surface area (TPSA) is 49.4 Å². The third-order valence-corrected chi connectivity index (χ3v) is 5.49. The molecule has 2 amide bonds. The zero-order chi connectivity index (χ0) is 19.0. The highest BCUT2D eigenvalue weighted by atomic mass is 79.9. The van der Waals surface area contributed by atoms with Gasteiger partial charge in [0.2, 0.25) is 11.8 Å². The maximum absolute atomic E-state index is 13.8. The summed E-state index contributed by atoms with van der Waals surface area (Å²) in [5.41, 5.74) is 1.71. The first-order valence-electron chi connectivity index (χ1n) is 8.05. The first-order chi connectivity index (χ1) is 12.3. The Kier molecular flexibility index (Phi) is 5.09. The number of aryl methyl sites for hydroxylation is 1. The number of carbonyl (C=O) groups is 2. The van der Waals surface area contributed by atoms with Gasteiger partial charge in [-0.1, -0.05) is 28.1 Å². The number of amides is 2. The molecule has 1 saturated heterocycles. The Bertz CT molecular complexity index is 888. The highest BCUT2D eigenvalue weighted by Gasteiger charge is 2.44. The Morgan fingerprint density at radius 2 is 1.96 bits per heavy atom. The number of hydrogen-bond donors (Lipinski definition) is 1. The number of halogens is 3. The van der Waals surface area contributed by atoms with Gasteiger partial charge < -0.3 is 10.2 Å². The molecule has 1 N–H and O–H groups in total. The number of likely N-dealkylation sites (N-methyl/N-ethyl adjacent to an activating group) is 1. The van der Waals surface area contributed by atoms with Crippen molar-refractivity contribution in [3.63, 3.8) is 0 Å². The van der Waals surface area contributed by atoms with E-state index in [4.69, 9.17) is 0 Å². The molecule has 3 rings (SSSR count). The SMILES string of the molecule is Cc1cc([C@H]2CN(C)C(=O)[C@@H]2C(=O)Nc2ccc(F)cc2F)ccc1Br. The number of nitrogens with one attached hydrogen (secondary N) is 1. The molecule has 0 unspecified atom stereocenters. The van der Waals surface area contributed by atoms with E-state index in [9.17, 15) is 18.4 Å². The number of anilines is 1. The summed E-state index contributed by atoms with van der Waals surface area (Å²) < 4.78 is 27.8. The third-order valence-electron chi connectivity index (χ3n) is 4.60. The van der Waals surface area contributed by atoms with Crippen LogP contribution in [0.1, 0.15) is 17.0 Å². The van der Waals surface area contributed by atoms with Crippen molar-refractivity contribution in [1.82, 2.24) is 4.90 Å². The molecule has 1 heterocycles. The van der Waals surface area contributed by atoms with Gasteiger partial charge in [0.1, 0.15) is 17.6 Å². The van der Waals surface area contributed by atoms with Gasteiger partial charge in [0.15, 0.2) is 0 Å². The molecule has 7 heteroatoms. The van der Waals surface area contributed by atoms with Gasteiger partial charge in [0, 0.05) is 30.0 Å². The molecule has 1 fully saturated rings. The minimum Gasteiger partial charge on any atom is -0.344 e. The number of hydrogen-bond acceptors (Lipinski definition) is 2. The van der Waals surface area contributed by atoms with Gasteiger partial charge in [-0.2, -0.15) is 0 Å². The van der Waals surface area contributed by atoms with Crippen LogP contribution in [-0.4, -0.2) is 30.3 Å². The van der Waals surface area contributed by atoms with E-state index in [1.165, 1.54) is 4.90 Å². The lowest BCUT2D eigenvalue weighted by Gasteiger charge is -2.18. The lowest BCUT2D eigenvalue weighted by molar-refractivity contribution is -0.135. The summed E-state index contributed by atoms with van der Waals surface area (Å²) in [6.07, 6.45) is 0. The van der Waals surface area contributed by atoms with E-state index < -0.39 is 23.5 Å². The fraction of sp³-hybridized carbons (Fsp3) is 0.263. The molecule has 0 spiro atoms. The number of rotatable bonds is 3. The zero-order valence-corrected chi connectivity index (χ0v) is 15.8. The number of likely N-dealkylation sites (tertiary alicyclic amines) is 1. The summed E-state index contributed by atoms with van der Waals surface area (Å²) in [7, 11) is 1.63. The molecule has 1 aliphatic rings. The standard InChI is InChI=1S/C19H17BrF2N2O2/c1-10-7-11(3-5-14(10)20)13-9-24(2)19(26)17(13)18(25)23-16-6-4-12(21)8-15(16)22/h3-8,13,17H,9H2,1-2H3,(H,23,25)/t13-,17+/m1/s1. The van der Waals surface area contributed by atoms with Crippen molar-refractivity contribution in [1.29, 1.82) is 0 Å². The van der Waals surface area contributed by atoms with Gasteiger partial charge in [-0.3, -0.25) is 9.59 Å². The van der Waals surface area contributed by atoms with Crippen LogP contribution in [0.15, 0.2) is 40.9 Å². The second kappa shape index (κ2) is 7.15. The molecule has 0 bridgehead atoms. The first kappa shape index (κ1) is 18.5. The Labute approximate surface area is 158 Å². The number of carbonyl (C=O) groups excluding carboxylic acids is 2. The van der Waals surface area contributed by atoms with Crippen molar-refractivity contribution < 1.29 is 18.4 Å². The van der Waals surface area contributed by atoms with E-state index in [0.29, 0.717) is 12.6 Å². The zero-order valence-electron chi connectivity index (χ0n) is 14.2. The van der Waals surface area contributed by atoms with Gasteiger partial charge in [-0.25, -0.2) is 8.78 Å². The number of benzene rings is 2. The molecule has 26 heavy (non-hydrogen) atoms. The summed E-state index contributed by atoms with van der Waals surface area (Å²) in [6.45, 7) is 2.32. The Morgan fingerprint density at radius 1 is 1.23 bits per heavy atom. The van der Waals surface area contributed by atoms with Crippen LogP contribution >= 0.6 is 15.9 Å². The van der Waals surface area contributed by atoms with E-state index >= 15 is 0 Å². The Morgan fingerprint density at radius 3 is 2.62 bits per heavy atom. The summed E-state index contributed by atoms with van der Waals surface area (Å²) in [5, 5.41) is 2.42. The summed E-state index contributed by atoms with van der Waals surface area (Å²) in [5.74, 6) is -3.85. The summed E-state index contributed by atoms with van der Waals surface area (Å²) in [4.78, 5) is 26.7. The van der Waals surface area contributed by atoms with Gasteiger partial charge in [-0.05, 0) is 36.2 Å². The molecule has 136 valence electrons. The lowest BCUT2D eigenvalue weighted by Crippen LogP contribution is -2.33. The van der Waals surface area contributed by atoms with Crippen LogP contribution in [0, 0.1) is 24.5 Å². The molecule has 2 atom stereocenters. The second-order valence-electron chi connectivity index (χ2n) is 6.42. The molecule has 0 aliphatic carbocycles. The van der Waals surface area contributed by atoms with Gasteiger partial charge in [-0.15, -0.1) is 0 Å². The Hall–Kier alpha value is -2.28. The van der Waals surface area contributed by atoms with Crippen LogP contribution in [0.25, 0.3) is 0 Å². The molecule has 0 saturated carbocycles. The molecule has 1 aliphatic heterocycles. The lowest BCUT2D eigenvalue weighted by atomic mass is 9.87. The van der Waals surface area contributed by atoms with Crippen molar-refractivity contribution in [2.24, 2.45) is 5.92 Å². The summed E-state index contributed by atoms with van der Waals surface area (Å²) in [6, 6.07) is 8.56. The average Bonchev–Trinajstić information content (AvgIpc) is 2.88. The molecule has 2 aromatic carbocycles. The average molecular weight is 423 g/mol. The summed E-state index contributed by atoms with van der Waals surface area (Å²) >= 11 is 3.43. The largest absolute Gasteiger partial charge is 0.344 e. The second-order valence-corrected chi connectivity index (χ2v) is 7.28. The van der Waals surface area contributed by atoms with Gasteiger partial charge >= 0.3 is 0 Å². The van der Waals surface area contributed by atoms with Crippen LogP contribution in [0.2, 0.25) is 0 Å². The van der Waals surface area contributed by atoms with Crippen LogP contribution < -0.4 is 5.32 Å². The van der Waals surface area contributed by atoms with Crippen molar-refractivity contribution in [3.8, 4) is 0 Å². The fourth-order valence-electron chi connectivity index (χ4n) is 3.19. The predicted octanol–water partition coefficient (Wildman–Crippen LogP) is 3.85. The molecule has 0 aromatic heterocycles. The van der Waals surface area contributed by atoms with E-state index in [1.807, 2.05) is 25.1 Å². The van der Waals surface area contributed by atoms with Crippen molar-refractivity contribution in [2.45, 2.75) is 12.8 Å². The molecule has 0 radical (unpaired) electrons. The Balaban J connectivity index is 1.90. The quantitative estimate of drug-likeness (QED) is 0.763. The predicted molar refractivity (Wildman–Crippen MR) is 97.7 cm³/mol. The van der Waals surface area contributed by atoms with Crippen molar-refractivity contribution in [3.05, 3.63) is 63.6 Å². The van der Waals surface area contributed by atoms with E-state index in [-0.39, 0.29) is 17.5 Å². The maximum atomic E-state index is 13.8. The minimum absolute atomic E-state index is 0.149. The van der Waals surface area contributed by atoms with Crippen LogP contribution in [0.3, 0.4) is 0 Å². The number of nitrogens with zero attached hydrogens (tertiary/aromatic N) is 1. The smallest absolute Gasteiger partial charge is 0.237 e. The molecular weight excluding hydrogens is 406 g/mol. The van der Waals surface area contributed by atoms with Crippen molar-refractivity contribution in [2.75, 3.05) is 18.9 Å². The van der Waals surface area contributed by atoms with E-state index in [1.54, 1.807) is 7.05 Å². The minimum atomic E-state index is -0.968.